The summed E-state index contributed by atoms with van der Waals surface area (Å²) in [6.07, 6.45) is 12.4. The third kappa shape index (κ3) is 8.22. The predicted octanol–water partition coefficient (Wildman–Crippen LogP) is 5.00. The van der Waals surface area contributed by atoms with Crippen molar-refractivity contribution >= 4 is 44.6 Å². The molecule has 0 spiro atoms. The lowest BCUT2D eigenvalue weighted by Crippen LogP contribution is -2.50. The Balaban J connectivity index is 1.50. The Morgan fingerprint density at radius 2 is 1.94 bits per heavy atom. The third-order valence-electron chi connectivity index (χ3n) is 5.32. The van der Waals surface area contributed by atoms with Crippen LogP contribution in [0.1, 0.15) is 46.5 Å². The Bertz CT molecular complexity index is 948. The van der Waals surface area contributed by atoms with Crippen molar-refractivity contribution in [1.82, 2.24) is 19.9 Å². The molecular weight excluding hydrogens is 462 g/mol. The Morgan fingerprint density at radius 1 is 1.21 bits per heavy atom. The number of halogens is 1. The molecule has 2 aromatic heterocycles. The van der Waals surface area contributed by atoms with Crippen molar-refractivity contribution in [2.45, 2.75) is 70.9 Å². The molecule has 0 saturated heterocycles. The van der Waals surface area contributed by atoms with Crippen molar-refractivity contribution in [3.05, 3.63) is 17.5 Å². The molecule has 0 atom stereocenters. The highest BCUT2D eigenvalue weighted by Gasteiger charge is 2.32. The summed E-state index contributed by atoms with van der Waals surface area (Å²) in [5, 5.41) is 7.45. The number of alkyl carbamates (subject to hydrolysis) is 1. The molecule has 0 unspecified atom stereocenters. The van der Waals surface area contributed by atoms with Crippen molar-refractivity contribution in [2.24, 2.45) is 0 Å². The highest BCUT2D eigenvalue weighted by Crippen LogP contribution is 2.35. The van der Waals surface area contributed by atoms with E-state index in [2.05, 4.69) is 39.4 Å². The van der Waals surface area contributed by atoms with E-state index in [9.17, 15) is 4.79 Å². The van der Waals surface area contributed by atoms with E-state index in [4.69, 9.17) is 21.1 Å². The number of unbranched alkanes of at least 4 members (excludes halogenated alkanes) is 1. The Morgan fingerprint density at radius 3 is 2.61 bits per heavy atom. The molecule has 0 aliphatic heterocycles. The first kappa shape index (κ1) is 25.9. The van der Waals surface area contributed by atoms with Gasteiger partial charge in [-0.1, -0.05) is 0 Å². The Hall–Kier alpha value is -1.71. The van der Waals surface area contributed by atoms with Gasteiger partial charge in [0, 0.05) is 24.9 Å². The van der Waals surface area contributed by atoms with E-state index >= 15 is 0 Å². The number of carbonyl (C=O) groups is 1. The fraction of sp³-hybridized carbons (Fsp3) is 0.696. The highest BCUT2D eigenvalue weighted by molar-refractivity contribution is 8.32. The summed E-state index contributed by atoms with van der Waals surface area (Å²) in [5.41, 5.74) is 0.248. The molecule has 1 fully saturated rings. The van der Waals surface area contributed by atoms with Crippen LogP contribution in [0.15, 0.2) is 12.3 Å². The summed E-state index contributed by atoms with van der Waals surface area (Å²) in [4.78, 5) is 20.7. The second-order valence-electron chi connectivity index (χ2n) is 10.6. The molecule has 33 heavy (non-hydrogen) atoms. The predicted molar refractivity (Wildman–Crippen MR) is 138 cm³/mol. The molecule has 0 radical (unpaired) electrons. The zero-order chi connectivity index (χ0) is 24.2. The molecule has 0 aromatic carbocycles. The summed E-state index contributed by atoms with van der Waals surface area (Å²) in [7, 11) is -0.444. The van der Waals surface area contributed by atoms with Gasteiger partial charge in [0.15, 0.2) is 0 Å². The SMILES string of the molecule is CC(C)(C)OC(=O)NC1CC(Nc2nc(Cl)nc3c2ccn3COCCCCS(C)(C)C)C1. The van der Waals surface area contributed by atoms with Crippen LogP contribution in [-0.4, -0.2) is 69.4 Å². The first-order chi connectivity index (χ1) is 15.4. The second kappa shape index (κ2) is 10.7. The van der Waals surface area contributed by atoms with Gasteiger partial charge in [-0.15, -0.1) is 0 Å². The molecule has 186 valence electrons. The van der Waals surface area contributed by atoms with Crippen LogP contribution in [0, 0.1) is 0 Å². The maximum Gasteiger partial charge on any atom is 0.407 e. The van der Waals surface area contributed by atoms with E-state index in [-0.39, 0.29) is 23.5 Å². The lowest BCUT2D eigenvalue weighted by Gasteiger charge is -2.37. The summed E-state index contributed by atoms with van der Waals surface area (Å²) in [6.45, 7) is 6.73. The number of hydrogen-bond donors (Lipinski definition) is 2. The number of ether oxygens (including phenoxy) is 2. The van der Waals surface area contributed by atoms with Crippen LogP contribution in [0.3, 0.4) is 0 Å². The van der Waals surface area contributed by atoms with Crippen LogP contribution in [0.25, 0.3) is 11.0 Å². The third-order valence-corrected chi connectivity index (χ3v) is 7.00. The number of rotatable bonds is 10. The van der Waals surface area contributed by atoms with Crippen LogP contribution < -0.4 is 10.6 Å². The number of hydrogen-bond acceptors (Lipinski definition) is 6. The van der Waals surface area contributed by atoms with Crippen molar-refractivity contribution in [1.29, 1.82) is 0 Å². The number of amides is 1. The maximum atomic E-state index is 11.9. The van der Waals surface area contributed by atoms with E-state index in [1.54, 1.807) is 0 Å². The second-order valence-corrected chi connectivity index (χ2v) is 15.5. The molecule has 10 heteroatoms. The number of carbonyl (C=O) groups excluding carboxylic acids is 1. The topological polar surface area (TPSA) is 90.3 Å². The summed E-state index contributed by atoms with van der Waals surface area (Å²) in [5.74, 6) is 1.98. The van der Waals surface area contributed by atoms with Crippen molar-refractivity contribution < 1.29 is 14.3 Å². The van der Waals surface area contributed by atoms with Crippen molar-refractivity contribution in [3.8, 4) is 0 Å². The molecule has 1 aliphatic carbocycles. The van der Waals surface area contributed by atoms with Gasteiger partial charge in [-0.3, -0.25) is 0 Å². The zero-order valence-corrected chi connectivity index (χ0v) is 22.2. The summed E-state index contributed by atoms with van der Waals surface area (Å²) < 4.78 is 13.2. The quantitative estimate of drug-likeness (QED) is 0.353. The van der Waals surface area contributed by atoms with Gasteiger partial charge in [-0.25, -0.2) is 19.8 Å². The molecule has 2 heterocycles. The van der Waals surface area contributed by atoms with Gasteiger partial charge < -0.3 is 24.7 Å². The van der Waals surface area contributed by atoms with Gasteiger partial charge in [0.05, 0.1) is 5.39 Å². The van der Waals surface area contributed by atoms with E-state index in [0.29, 0.717) is 12.5 Å². The van der Waals surface area contributed by atoms with Gasteiger partial charge in [0.1, 0.15) is 23.8 Å². The van der Waals surface area contributed by atoms with Crippen LogP contribution in [0.5, 0.6) is 0 Å². The molecule has 2 N–H and O–H groups in total. The van der Waals surface area contributed by atoms with Crippen molar-refractivity contribution in [3.63, 3.8) is 0 Å². The minimum Gasteiger partial charge on any atom is -0.444 e. The lowest BCUT2D eigenvalue weighted by atomic mass is 9.87. The standard InChI is InChI=1S/C23H38ClN5O3S/c1-23(2,3)32-22(30)26-17-13-16(14-17)25-19-18-9-10-29(20(18)28-21(24)27-19)15-31-11-7-8-12-33(4,5)6/h9-10,16-17H,7-8,11-15H2,1-6H3,(H,26,30)(H,25,27,28). The number of anilines is 1. The van der Waals surface area contributed by atoms with Gasteiger partial charge in [-0.2, -0.15) is 4.98 Å². The highest BCUT2D eigenvalue weighted by atomic mass is 35.5. The number of nitrogens with zero attached hydrogens (tertiary/aromatic N) is 3. The average molecular weight is 500 g/mol. The van der Waals surface area contributed by atoms with Gasteiger partial charge in [-0.05, 0) is 88.6 Å². The first-order valence-corrected chi connectivity index (χ1v) is 14.8. The fourth-order valence-electron chi connectivity index (χ4n) is 3.68. The molecule has 3 rings (SSSR count). The smallest absolute Gasteiger partial charge is 0.407 e. The first-order valence-electron chi connectivity index (χ1n) is 11.4. The van der Waals surface area contributed by atoms with E-state index in [1.807, 2.05) is 37.6 Å². The van der Waals surface area contributed by atoms with Gasteiger partial charge in [0.25, 0.3) is 0 Å². The number of fused-ring (bicyclic) bond motifs is 1. The molecule has 2 aromatic rings. The largest absolute Gasteiger partial charge is 0.444 e. The molecular formula is C23H38ClN5O3S. The van der Waals surface area contributed by atoms with Crippen LogP contribution in [-0.2, 0) is 16.2 Å². The normalized spacial score (nSPS) is 19.2. The molecule has 1 aliphatic rings. The monoisotopic (exact) mass is 499 g/mol. The minimum atomic E-state index is -0.501. The fourth-order valence-corrected chi connectivity index (χ4v) is 4.91. The van der Waals surface area contributed by atoms with Crippen LogP contribution in [0.2, 0.25) is 5.28 Å². The zero-order valence-electron chi connectivity index (χ0n) is 20.6. The van der Waals surface area contributed by atoms with Crippen molar-refractivity contribution in [2.75, 3.05) is 36.4 Å². The summed E-state index contributed by atoms with van der Waals surface area (Å²) in [6, 6.07) is 2.27. The molecule has 1 saturated carbocycles. The average Bonchev–Trinajstić information content (AvgIpc) is 3.03. The summed E-state index contributed by atoms with van der Waals surface area (Å²) >= 11 is 6.21. The van der Waals surface area contributed by atoms with Gasteiger partial charge in [0.2, 0.25) is 5.28 Å². The van der Waals surface area contributed by atoms with E-state index in [0.717, 1.165) is 36.9 Å². The molecule has 0 bridgehead atoms. The Kier molecular flexibility index (Phi) is 8.40. The maximum absolute atomic E-state index is 11.9. The van der Waals surface area contributed by atoms with Crippen LogP contribution in [0.4, 0.5) is 10.6 Å². The lowest BCUT2D eigenvalue weighted by molar-refractivity contribution is 0.0475. The molecule has 1 amide bonds. The van der Waals surface area contributed by atoms with Gasteiger partial charge >= 0.3 is 6.09 Å². The van der Waals surface area contributed by atoms with E-state index < -0.39 is 15.6 Å². The molecule has 8 nitrogen and oxygen atoms in total. The van der Waals surface area contributed by atoms with Crippen LogP contribution >= 0.6 is 21.6 Å². The number of nitrogens with one attached hydrogen (secondary N) is 2. The Labute approximate surface area is 203 Å². The van der Waals surface area contributed by atoms with E-state index in [1.165, 1.54) is 12.2 Å². The minimum absolute atomic E-state index is 0.0861. The number of aromatic nitrogens is 3.